The van der Waals surface area contributed by atoms with Gasteiger partial charge < -0.3 is 4.74 Å². The Labute approximate surface area is 178 Å². The lowest BCUT2D eigenvalue weighted by atomic mass is 9.93. The molecule has 1 fully saturated rings. The zero-order chi connectivity index (χ0) is 21.7. The second-order valence-electron chi connectivity index (χ2n) is 8.72. The fraction of sp³-hybridized carbons (Fsp3) is 0.458. The molecule has 0 spiro atoms. The van der Waals surface area contributed by atoms with Crippen LogP contribution in [0, 0.1) is 5.92 Å². The summed E-state index contributed by atoms with van der Waals surface area (Å²) in [4.78, 5) is 12.2. The predicted molar refractivity (Wildman–Crippen MR) is 116 cm³/mol. The van der Waals surface area contributed by atoms with Crippen LogP contribution in [0.1, 0.15) is 60.5 Å². The summed E-state index contributed by atoms with van der Waals surface area (Å²) in [5, 5.41) is 0. The van der Waals surface area contributed by atoms with Gasteiger partial charge in [0.1, 0.15) is 5.75 Å². The summed E-state index contributed by atoms with van der Waals surface area (Å²) in [5.74, 6) is 1.12. The van der Waals surface area contributed by atoms with Crippen LogP contribution in [-0.4, -0.2) is 14.8 Å². The molecule has 3 rings (SSSR count). The number of rotatable bonds is 6. The lowest BCUT2D eigenvalue weighted by Gasteiger charge is -2.28. The van der Waals surface area contributed by atoms with Crippen molar-refractivity contribution < 1.29 is 22.7 Å². The van der Waals surface area contributed by atoms with Gasteiger partial charge in [0.25, 0.3) is 0 Å². The predicted octanol–water partition coefficient (Wildman–Crippen LogP) is 7.08. The van der Waals surface area contributed by atoms with Crippen molar-refractivity contribution in [2.24, 2.45) is 5.92 Å². The Balaban J connectivity index is 1.53. The summed E-state index contributed by atoms with van der Waals surface area (Å²) in [6, 6.07) is 15.9. The molecular formula is C24H29F3O2Si. The Bertz CT molecular complexity index is 821. The van der Waals surface area contributed by atoms with Crippen molar-refractivity contribution in [2.45, 2.75) is 63.3 Å². The van der Waals surface area contributed by atoms with Gasteiger partial charge in [-0.15, -0.1) is 0 Å². The summed E-state index contributed by atoms with van der Waals surface area (Å²) in [7, 11) is -0.563. The van der Waals surface area contributed by atoms with Crippen LogP contribution in [0.4, 0.5) is 13.2 Å². The molecule has 0 aliphatic carbocycles. The molecular weight excluding hydrogens is 405 g/mol. The van der Waals surface area contributed by atoms with Gasteiger partial charge in [-0.25, -0.2) is 4.79 Å². The van der Waals surface area contributed by atoms with E-state index in [4.69, 9.17) is 4.74 Å². The first-order valence-corrected chi connectivity index (χ1v) is 13.2. The number of carbonyl (C=O) groups is 1. The summed E-state index contributed by atoms with van der Waals surface area (Å²) in [6.07, 6.45) is -0.561. The molecule has 6 heteroatoms. The van der Waals surface area contributed by atoms with Gasteiger partial charge in [-0.3, -0.25) is 0 Å². The Morgan fingerprint density at radius 2 is 1.63 bits per heavy atom. The fourth-order valence-electron chi connectivity index (χ4n) is 4.12. The molecule has 1 aliphatic heterocycles. The Morgan fingerprint density at radius 1 is 1.03 bits per heavy atom. The van der Waals surface area contributed by atoms with E-state index in [9.17, 15) is 18.0 Å². The molecule has 162 valence electrons. The van der Waals surface area contributed by atoms with Crippen LogP contribution in [0.5, 0.6) is 5.75 Å². The second-order valence-corrected chi connectivity index (χ2v) is 12.2. The summed E-state index contributed by atoms with van der Waals surface area (Å²) >= 11 is 0. The van der Waals surface area contributed by atoms with Crippen molar-refractivity contribution in [3.8, 4) is 5.75 Å². The maximum Gasteiger partial charge on any atom is 0.416 e. The number of ether oxygens (including phenoxy) is 1. The third-order valence-corrected chi connectivity index (χ3v) is 9.46. The van der Waals surface area contributed by atoms with E-state index in [-0.39, 0.29) is 5.56 Å². The van der Waals surface area contributed by atoms with Crippen molar-refractivity contribution in [1.29, 1.82) is 0 Å². The molecule has 30 heavy (non-hydrogen) atoms. The Morgan fingerprint density at radius 3 is 2.17 bits per heavy atom. The van der Waals surface area contributed by atoms with E-state index in [0.717, 1.165) is 30.2 Å². The minimum atomic E-state index is -4.42. The van der Waals surface area contributed by atoms with E-state index in [1.165, 1.54) is 43.0 Å². The van der Waals surface area contributed by atoms with Gasteiger partial charge in [-0.2, -0.15) is 13.2 Å². The topological polar surface area (TPSA) is 26.3 Å². The van der Waals surface area contributed by atoms with Crippen LogP contribution in [0.25, 0.3) is 0 Å². The van der Waals surface area contributed by atoms with E-state index in [2.05, 4.69) is 13.8 Å². The average Bonchev–Trinajstić information content (AvgIpc) is 2.72. The molecule has 0 N–H and O–H groups in total. The zero-order valence-electron chi connectivity index (χ0n) is 17.5. The number of alkyl halides is 3. The minimum absolute atomic E-state index is 0.0942. The van der Waals surface area contributed by atoms with Crippen molar-refractivity contribution in [1.82, 2.24) is 0 Å². The Kier molecular flexibility index (Phi) is 7.39. The third kappa shape index (κ3) is 6.21. The molecule has 1 aliphatic rings. The highest BCUT2D eigenvalue weighted by molar-refractivity contribution is 6.59. The van der Waals surface area contributed by atoms with E-state index >= 15 is 0 Å². The monoisotopic (exact) mass is 434 g/mol. The van der Waals surface area contributed by atoms with Crippen molar-refractivity contribution in [2.75, 3.05) is 0 Å². The van der Waals surface area contributed by atoms with Crippen LogP contribution in [0.3, 0.4) is 0 Å². The molecule has 0 amide bonds. The SMILES string of the molecule is CC(C)CC[Si@H]1CC[C@H](c2ccc(OC(=O)c3ccc(C(F)(F)F)cc3)cc2)CC1. The maximum absolute atomic E-state index is 12.6. The van der Waals surface area contributed by atoms with Crippen LogP contribution >= 0.6 is 0 Å². The van der Waals surface area contributed by atoms with Gasteiger partial charge in [-0.1, -0.05) is 50.5 Å². The normalized spacial score (nSPS) is 19.7. The van der Waals surface area contributed by atoms with E-state index in [1.807, 2.05) is 12.1 Å². The van der Waals surface area contributed by atoms with Crippen molar-refractivity contribution in [3.05, 3.63) is 65.2 Å². The third-order valence-electron chi connectivity index (χ3n) is 6.01. The van der Waals surface area contributed by atoms with Crippen LogP contribution < -0.4 is 4.74 Å². The quantitative estimate of drug-likeness (QED) is 0.276. The average molecular weight is 435 g/mol. The fourth-order valence-corrected chi connectivity index (χ4v) is 7.87. The molecule has 0 aromatic heterocycles. The lowest BCUT2D eigenvalue weighted by Crippen LogP contribution is -2.20. The van der Waals surface area contributed by atoms with Gasteiger partial charge in [0.2, 0.25) is 0 Å². The smallest absolute Gasteiger partial charge is 0.416 e. The number of esters is 1. The molecule has 0 radical (unpaired) electrons. The molecule has 2 aromatic carbocycles. The first kappa shape index (κ1) is 22.6. The van der Waals surface area contributed by atoms with Gasteiger partial charge in [0.15, 0.2) is 0 Å². The van der Waals surface area contributed by atoms with E-state index in [1.54, 1.807) is 12.1 Å². The van der Waals surface area contributed by atoms with E-state index in [0.29, 0.717) is 11.7 Å². The van der Waals surface area contributed by atoms with Crippen LogP contribution in [0.15, 0.2) is 48.5 Å². The molecule has 2 aromatic rings. The van der Waals surface area contributed by atoms with Gasteiger partial charge in [-0.05, 0) is 66.6 Å². The molecule has 0 saturated carbocycles. The molecule has 2 nitrogen and oxygen atoms in total. The van der Waals surface area contributed by atoms with Crippen molar-refractivity contribution >= 4 is 14.8 Å². The number of halogens is 3. The Hall–Kier alpha value is -2.08. The van der Waals surface area contributed by atoms with E-state index < -0.39 is 26.5 Å². The summed E-state index contributed by atoms with van der Waals surface area (Å²) in [6.45, 7) is 4.60. The number of benzene rings is 2. The van der Waals surface area contributed by atoms with Crippen LogP contribution in [-0.2, 0) is 6.18 Å². The highest BCUT2D eigenvalue weighted by Crippen LogP contribution is 2.36. The van der Waals surface area contributed by atoms with Gasteiger partial charge >= 0.3 is 12.1 Å². The minimum Gasteiger partial charge on any atom is -0.423 e. The second kappa shape index (κ2) is 9.82. The first-order valence-electron chi connectivity index (χ1n) is 10.7. The van der Waals surface area contributed by atoms with Gasteiger partial charge in [0.05, 0.1) is 11.1 Å². The highest BCUT2D eigenvalue weighted by atomic mass is 28.3. The van der Waals surface area contributed by atoms with Crippen LogP contribution in [0.2, 0.25) is 18.1 Å². The number of hydrogen-bond acceptors (Lipinski definition) is 2. The maximum atomic E-state index is 12.6. The molecule has 0 atom stereocenters. The lowest BCUT2D eigenvalue weighted by molar-refractivity contribution is -0.137. The number of hydrogen-bond donors (Lipinski definition) is 0. The summed E-state index contributed by atoms with van der Waals surface area (Å²) in [5.41, 5.74) is 0.586. The first-order chi connectivity index (χ1) is 14.2. The largest absolute Gasteiger partial charge is 0.423 e. The standard InChI is InChI=1S/C24H29F3O2Si/c1-17(2)11-14-30-15-12-19(13-16-30)18-5-9-22(10-6-18)29-23(28)20-3-7-21(8-4-20)24(25,26)27/h3-10,17,19,30H,11-16H2,1-2H3/t19-,30-. The molecule has 1 heterocycles. The number of carbonyl (C=O) groups excluding carboxylic acids is 1. The molecule has 0 unspecified atom stereocenters. The molecule has 0 bridgehead atoms. The highest BCUT2D eigenvalue weighted by Gasteiger charge is 2.30. The molecule has 1 saturated heterocycles. The summed E-state index contributed by atoms with van der Waals surface area (Å²) < 4.78 is 43.2. The van der Waals surface area contributed by atoms with Gasteiger partial charge in [0, 0.05) is 8.80 Å². The van der Waals surface area contributed by atoms with Crippen molar-refractivity contribution in [3.63, 3.8) is 0 Å². The zero-order valence-corrected chi connectivity index (χ0v) is 18.7.